The van der Waals surface area contributed by atoms with E-state index in [1.165, 1.54) is 12.1 Å². The van der Waals surface area contributed by atoms with E-state index in [1.807, 2.05) is 19.1 Å². The van der Waals surface area contributed by atoms with Crippen LogP contribution in [-0.2, 0) is 14.8 Å². The summed E-state index contributed by atoms with van der Waals surface area (Å²) in [5, 5.41) is 0. The molecule has 156 valence electrons. The Morgan fingerprint density at radius 1 is 0.967 bits per heavy atom. The third kappa shape index (κ3) is 4.74. The minimum absolute atomic E-state index is 0.0360. The van der Waals surface area contributed by atoms with Crippen LogP contribution in [0.4, 0.5) is 5.69 Å². The van der Waals surface area contributed by atoms with E-state index in [0.717, 1.165) is 14.3 Å². The van der Waals surface area contributed by atoms with Crippen molar-refractivity contribution in [1.29, 1.82) is 0 Å². The molecule has 0 bridgehead atoms. The lowest BCUT2D eigenvalue weighted by Gasteiger charge is -2.27. The lowest BCUT2D eigenvalue weighted by atomic mass is 10.1. The molecule has 0 aromatic heterocycles. The summed E-state index contributed by atoms with van der Waals surface area (Å²) in [4.78, 5) is 13.5. The first kappa shape index (κ1) is 22.1. The van der Waals surface area contributed by atoms with Gasteiger partial charge in [-0.2, -0.15) is 4.31 Å². The van der Waals surface area contributed by atoms with Gasteiger partial charge in [0.25, 0.3) is 15.9 Å². The van der Waals surface area contributed by atoms with E-state index in [0.29, 0.717) is 17.0 Å². The maximum Gasteiger partial charge on any atom is 0.281 e. The van der Waals surface area contributed by atoms with E-state index >= 15 is 0 Å². The minimum atomic E-state index is -4.14. The first-order chi connectivity index (χ1) is 14.2. The zero-order chi connectivity index (χ0) is 21.9. The first-order valence-electron chi connectivity index (χ1n) is 9.34. The van der Waals surface area contributed by atoms with Crippen LogP contribution in [0.15, 0.2) is 82.2 Å². The van der Waals surface area contributed by atoms with Crippen molar-refractivity contribution in [3.63, 3.8) is 0 Å². The largest absolute Gasteiger partial charge is 0.481 e. The molecule has 0 fully saturated rings. The lowest BCUT2D eigenvalue weighted by Crippen LogP contribution is -2.44. The number of ether oxygens (including phenoxy) is 1. The number of nitrogens with zero attached hydrogens (tertiary/aromatic N) is 1. The van der Waals surface area contributed by atoms with Crippen molar-refractivity contribution >= 4 is 37.5 Å². The number of aryl methyl sites for hydroxylation is 2. The number of hydrogen-bond donors (Lipinski definition) is 0. The molecular formula is C23H22BrNO4S. The molecule has 0 aliphatic carbocycles. The molecule has 1 amide bonds. The van der Waals surface area contributed by atoms with E-state index in [-0.39, 0.29) is 4.90 Å². The average molecular weight is 488 g/mol. The van der Waals surface area contributed by atoms with Crippen LogP contribution >= 0.6 is 15.9 Å². The summed E-state index contributed by atoms with van der Waals surface area (Å²) < 4.78 is 34.4. The Labute approximate surface area is 185 Å². The third-order valence-corrected chi connectivity index (χ3v) is 6.74. The number of halogens is 1. The van der Waals surface area contributed by atoms with Gasteiger partial charge in [0, 0.05) is 4.47 Å². The number of carbonyl (C=O) groups excluding carboxylic acids is 1. The Hall–Kier alpha value is -2.64. The zero-order valence-corrected chi connectivity index (χ0v) is 19.3. The molecule has 0 radical (unpaired) electrons. The Kier molecular flexibility index (Phi) is 6.63. The Balaban J connectivity index is 2.07. The van der Waals surface area contributed by atoms with Crippen LogP contribution in [0, 0.1) is 13.8 Å². The zero-order valence-electron chi connectivity index (χ0n) is 16.9. The Morgan fingerprint density at radius 2 is 1.67 bits per heavy atom. The second-order valence-electron chi connectivity index (χ2n) is 6.93. The highest BCUT2D eigenvalue weighted by Gasteiger charge is 2.35. The van der Waals surface area contributed by atoms with Gasteiger partial charge in [-0.25, -0.2) is 8.42 Å². The molecular weight excluding hydrogens is 466 g/mol. The lowest BCUT2D eigenvalue weighted by molar-refractivity contribution is -0.123. The number of rotatable bonds is 6. The molecule has 7 heteroatoms. The molecule has 3 aromatic rings. The van der Waals surface area contributed by atoms with Crippen molar-refractivity contribution in [3.05, 3.63) is 88.4 Å². The molecule has 30 heavy (non-hydrogen) atoms. The fourth-order valence-electron chi connectivity index (χ4n) is 2.96. The van der Waals surface area contributed by atoms with Crippen LogP contribution in [0.25, 0.3) is 0 Å². The van der Waals surface area contributed by atoms with Crippen molar-refractivity contribution in [3.8, 4) is 5.75 Å². The highest BCUT2D eigenvalue weighted by Crippen LogP contribution is 2.29. The summed E-state index contributed by atoms with van der Waals surface area (Å²) in [7, 11) is -4.14. The summed E-state index contributed by atoms with van der Waals surface area (Å²) in [5.41, 5.74) is 1.83. The Bertz CT molecular complexity index is 1160. The number of carbonyl (C=O) groups is 1. The summed E-state index contributed by atoms with van der Waals surface area (Å²) >= 11 is 3.36. The van der Waals surface area contributed by atoms with Crippen LogP contribution in [-0.4, -0.2) is 20.4 Å². The molecule has 0 aliphatic rings. The monoisotopic (exact) mass is 487 g/mol. The smallest absolute Gasteiger partial charge is 0.281 e. The van der Waals surface area contributed by atoms with Crippen LogP contribution < -0.4 is 9.04 Å². The van der Waals surface area contributed by atoms with Crippen molar-refractivity contribution in [1.82, 2.24) is 0 Å². The van der Waals surface area contributed by atoms with E-state index < -0.39 is 22.0 Å². The molecule has 3 aromatic carbocycles. The average Bonchev–Trinajstić information content (AvgIpc) is 2.71. The summed E-state index contributed by atoms with van der Waals surface area (Å²) in [6, 6.07) is 20.3. The second kappa shape index (κ2) is 9.02. The predicted molar refractivity (Wildman–Crippen MR) is 121 cm³/mol. The molecule has 1 atom stereocenters. The van der Waals surface area contributed by atoms with Crippen LogP contribution in [0.1, 0.15) is 18.1 Å². The van der Waals surface area contributed by atoms with Crippen molar-refractivity contribution in [2.75, 3.05) is 4.31 Å². The SMILES string of the molecule is Cc1ccc(C)c(N(C(=O)C(C)Oc2cccc(Br)c2)S(=O)(=O)c2ccccc2)c1. The topological polar surface area (TPSA) is 63.7 Å². The second-order valence-corrected chi connectivity index (χ2v) is 9.63. The summed E-state index contributed by atoms with van der Waals surface area (Å²) in [6.45, 7) is 5.17. The highest BCUT2D eigenvalue weighted by atomic mass is 79.9. The summed E-state index contributed by atoms with van der Waals surface area (Å²) in [6.07, 6.45) is -1.03. The minimum Gasteiger partial charge on any atom is -0.481 e. The molecule has 0 aliphatic heterocycles. The van der Waals surface area contributed by atoms with Crippen LogP contribution in [0.2, 0.25) is 0 Å². The molecule has 5 nitrogen and oxygen atoms in total. The maximum atomic E-state index is 13.5. The number of hydrogen-bond acceptors (Lipinski definition) is 4. The van der Waals surface area contributed by atoms with Crippen molar-refractivity contribution in [2.24, 2.45) is 0 Å². The van der Waals surface area contributed by atoms with Gasteiger partial charge in [0.2, 0.25) is 0 Å². The molecule has 0 saturated heterocycles. The van der Waals surface area contributed by atoms with Gasteiger partial charge in [-0.1, -0.05) is 52.3 Å². The fourth-order valence-corrected chi connectivity index (χ4v) is 4.89. The third-order valence-electron chi connectivity index (χ3n) is 4.52. The molecule has 0 heterocycles. The van der Waals surface area contributed by atoms with Gasteiger partial charge >= 0.3 is 0 Å². The van der Waals surface area contributed by atoms with E-state index in [1.54, 1.807) is 62.4 Å². The molecule has 0 N–H and O–H groups in total. The van der Waals surface area contributed by atoms with Gasteiger partial charge in [0.1, 0.15) is 5.75 Å². The number of sulfonamides is 1. The van der Waals surface area contributed by atoms with Gasteiger partial charge < -0.3 is 4.74 Å². The van der Waals surface area contributed by atoms with E-state index in [4.69, 9.17) is 4.74 Å². The standard InChI is InChI=1S/C23H22BrNO4S/c1-16-12-13-17(2)22(14-16)25(30(27,28)21-10-5-4-6-11-21)23(26)18(3)29-20-9-7-8-19(24)15-20/h4-15,18H,1-3H3. The van der Waals surface area contributed by atoms with Gasteiger partial charge in [-0.05, 0) is 68.3 Å². The highest BCUT2D eigenvalue weighted by molar-refractivity contribution is 9.10. The van der Waals surface area contributed by atoms with E-state index in [2.05, 4.69) is 15.9 Å². The van der Waals surface area contributed by atoms with Gasteiger partial charge in [0.05, 0.1) is 10.6 Å². The number of anilines is 1. The van der Waals surface area contributed by atoms with Gasteiger partial charge in [-0.3, -0.25) is 4.79 Å². The quantitative estimate of drug-likeness (QED) is 0.475. The van der Waals surface area contributed by atoms with Crippen LogP contribution in [0.5, 0.6) is 5.75 Å². The molecule has 1 unspecified atom stereocenters. The maximum absolute atomic E-state index is 13.5. The van der Waals surface area contributed by atoms with E-state index in [9.17, 15) is 13.2 Å². The van der Waals surface area contributed by atoms with Crippen LogP contribution in [0.3, 0.4) is 0 Å². The number of benzene rings is 3. The molecule has 3 rings (SSSR count). The first-order valence-corrected chi connectivity index (χ1v) is 11.6. The van der Waals surface area contributed by atoms with Crippen molar-refractivity contribution in [2.45, 2.75) is 31.8 Å². The van der Waals surface area contributed by atoms with Gasteiger partial charge in [-0.15, -0.1) is 0 Å². The number of amides is 1. The Morgan fingerprint density at radius 3 is 2.33 bits per heavy atom. The van der Waals surface area contributed by atoms with Crippen molar-refractivity contribution < 1.29 is 17.9 Å². The predicted octanol–water partition coefficient (Wildman–Crippen LogP) is 5.26. The molecule has 0 spiro atoms. The fraction of sp³-hybridized carbons (Fsp3) is 0.174. The normalized spacial score (nSPS) is 12.3. The van der Waals surface area contributed by atoms with Gasteiger partial charge in [0.15, 0.2) is 6.10 Å². The molecule has 0 saturated carbocycles. The summed E-state index contributed by atoms with van der Waals surface area (Å²) in [5.74, 6) is -0.212.